The van der Waals surface area contributed by atoms with Gasteiger partial charge in [-0.05, 0) is 50.5 Å². The lowest BCUT2D eigenvalue weighted by molar-refractivity contribution is 0.420. The minimum Gasteiger partial charge on any atom is -0.430 e. The molecule has 0 saturated carbocycles. The summed E-state index contributed by atoms with van der Waals surface area (Å²) >= 11 is 3.50. The monoisotopic (exact) mass is 326 g/mol. The average molecular weight is 327 g/mol. The Morgan fingerprint density at radius 2 is 2.05 bits per heavy atom. The van der Waals surface area contributed by atoms with E-state index in [0.29, 0.717) is 12.6 Å². The van der Waals surface area contributed by atoms with Crippen LogP contribution in [0.4, 0.5) is 0 Å². The van der Waals surface area contributed by atoms with Crippen molar-refractivity contribution in [1.29, 1.82) is 0 Å². The van der Waals surface area contributed by atoms with Gasteiger partial charge in [0, 0.05) is 12.1 Å². The van der Waals surface area contributed by atoms with E-state index in [4.69, 9.17) is 4.42 Å². The standard InChI is InChI=1S/C13H19BrN4O/c1-8-11(14)9(2)18(17-8)12-16-10(7-19-12)6-15-13(3,4)5/h7,15H,6H2,1-5H3. The molecule has 2 aromatic rings. The summed E-state index contributed by atoms with van der Waals surface area (Å²) in [5.41, 5.74) is 2.83. The van der Waals surface area contributed by atoms with Gasteiger partial charge in [-0.2, -0.15) is 14.8 Å². The lowest BCUT2D eigenvalue weighted by atomic mass is 10.1. The van der Waals surface area contributed by atoms with Crippen LogP contribution in [0, 0.1) is 13.8 Å². The number of nitrogens with zero attached hydrogens (tertiary/aromatic N) is 3. The summed E-state index contributed by atoms with van der Waals surface area (Å²) in [6.07, 6.45) is 1.67. The summed E-state index contributed by atoms with van der Waals surface area (Å²) in [4.78, 5) is 4.45. The summed E-state index contributed by atoms with van der Waals surface area (Å²) in [7, 11) is 0. The van der Waals surface area contributed by atoms with E-state index in [-0.39, 0.29) is 5.54 Å². The van der Waals surface area contributed by atoms with E-state index in [2.05, 4.69) is 52.1 Å². The molecule has 0 aliphatic heterocycles. The maximum Gasteiger partial charge on any atom is 0.323 e. The van der Waals surface area contributed by atoms with Gasteiger partial charge in [-0.25, -0.2) is 0 Å². The van der Waals surface area contributed by atoms with Crippen molar-refractivity contribution in [2.45, 2.75) is 46.7 Å². The van der Waals surface area contributed by atoms with Crippen LogP contribution in [-0.2, 0) is 6.54 Å². The van der Waals surface area contributed by atoms with Gasteiger partial charge >= 0.3 is 6.01 Å². The van der Waals surface area contributed by atoms with Gasteiger partial charge in [0.1, 0.15) is 6.26 Å². The first-order valence-corrected chi connectivity index (χ1v) is 6.99. The number of aryl methyl sites for hydroxylation is 1. The van der Waals surface area contributed by atoms with Crippen LogP contribution in [0.25, 0.3) is 6.01 Å². The second-order valence-electron chi connectivity index (χ2n) is 5.62. The van der Waals surface area contributed by atoms with Crippen molar-refractivity contribution in [2.75, 3.05) is 0 Å². The zero-order valence-corrected chi connectivity index (χ0v) is 13.5. The molecule has 0 atom stereocenters. The number of hydrogen-bond acceptors (Lipinski definition) is 4. The first kappa shape index (κ1) is 14.3. The first-order chi connectivity index (χ1) is 8.78. The molecule has 0 amide bonds. The molecule has 19 heavy (non-hydrogen) atoms. The van der Waals surface area contributed by atoms with Crippen LogP contribution in [0.3, 0.4) is 0 Å². The summed E-state index contributed by atoms with van der Waals surface area (Å²) in [6.45, 7) is 10.9. The van der Waals surface area contributed by atoms with Crippen LogP contribution in [0.1, 0.15) is 37.9 Å². The highest BCUT2D eigenvalue weighted by molar-refractivity contribution is 9.10. The molecule has 0 aromatic carbocycles. The van der Waals surface area contributed by atoms with Crippen LogP contribution < -0.4 is 5.32 Å². The third-order valence-corrected chi connectivity index (χ3v) is 3.87. The fourth-order valence-electron chi connectivity index (χ4n) is 1.64. The predicted molar refractivity (Wildman–Crippen MR) is 77.4 cm³/mol. The van der Waals surface area contributed by atoms with E-state index in [1.807, 2.05) is 13.8 Å². The van der Waals surface area contributed by atoms with E-state index in [9.17, 15) is 0 Å². The zero-order valence-electron chi connectivity index (χ0n) is 11.9. The third-order valence-electron chi connectivity index (χ3n) is 2.72. The van der Waals surface area contributed by atoms with Crippen molar-refractivity contribution in [2.24, 2.45) is 0 Å². The number of rotatable bonds is 3. The molecular formula is C13H19BrN4O. The number of hydrogen-bond donors (Lipinski definition) is 1. The van der Waals surface area contributed by atoms with Crippen LogP contribution in [0.5, 0.6) is 0 Å². The van der Waals surface area contributed by atoms with Crippen molar-refractivity contribution in [3.05, 3.63) is 27.8 Å². The first-order valence-electron chi connectivity index (χ1n) is 6.19. The highest BCUT2D eigenvalue weighted by Crippen LogP contribution is 2.22. The molecule has 0 unspecified atom stereocenters. The van der Waals surface area contributed by atoms with Gasteiger partial charge in [0.25, 0.3) is 0 Å². The Kier molecular flexibility index (Phi) is 3.82. The molecule has 0 fully saturated rings. The van der Waals surface area contributed by atoms with Gasteiger partial charge in [-0.15, -0.1) is 0 Å². The van der Waals surface area contributed by atoms with E-state index in [1.165, 1.54) is 0 Å². The number of halogens is 1. The Bertz CT molecular complexity index is 580. The van der Waals surface area contributed by atoms with Crippen molar-refractivity contribution < 1.29 is 4.42 Å². The largest absolute Gasteiger partial charge is 0.430 e. The van der Waals surface area contributed by atoms with E-state index in [1.54, 1.807) is 10.9 Å². The molecule has 0 aliphatic carbocycles. The molecule has 6 heteroatoms. The predicted octanol–water partition coefficient (Wildman–Crippen LogP) is 3.13. The van der Waals surface area contributed by atoms with E-state index in [0.717, 1.165) is 21.6 Å². The summed E-state index contributed by atoms with van der Waals surface area (Å²) < 4.78 is 8.19. The van der Waals surface area contributed by atoms with Crippen molar-refractivity contribution in [1.82, 2.24) is 20.1 Å². The Hall–Kier alpha value is -1.14. The Labute approximate surface area is 121 Å². The van der Waals surface area contributed by atoms with Crippen LogP contribution in [0.2, 0.25) is 0 Å². The summed E-state index contributed by atoms with van der Waals surface area (Å²) in [5.74, 6) is 0. The fraction of sp³-hybridized carbons (Fsp3) is 0.538. The molecule has 0 saturated heterocycles. The van der Waals surface area contributed by atoms with Crippen molar-refractivity contribution >= 4 is 15.9 Å². The fourth-order valence-corrected chi connectivity index (χ4v) is 1.89. The topological polar surface area (TPSA) is 55.9 Å². The van der Waals surface area contributed by atoms with Gasteiger partial charge in [-0.3, -0.25) is 0 Å². The van der Waals surface area contributed by atoms with E-state index >= 15 is 0 Å². The van der Waals surface area contributed by atoms with Crippen LogP contribution in [0.15, 0.2) is 15.2 Å². The summed E-state index contributed by atoms with van der Waals surface area (Å²) in [5, 5.41) is 7.77. The molecule has 0 radical (unpaired) electrons. The van der Waals surface area contributed by atoms with Gasteiger partial charge < -0.3 is 9.73 Å². The Balaban J connectivity index is 2.19. The molecule has 0 spiro atoms. The Morgan fingerprint density at radius 1 is 1.37 bits per heavy atom. The number of aromatic nitrogens is 3. The lowest BCUT2D eigenvalue weighted by Gasteiger charge is -2.19. The van der Waals surface area contributed by atoms with Crippen molar-refractivity contribution in [3.8, 4) is 6.01 Å². The molecule has 5 nitrogen and oxygen atoms in total. The molecule has 1 N–H and O–H groups in total. The second kappa shape index (κ2) is 5.09. The maximum absolute atomic E-state index is 5.49. The lowest BCUT2D eigenvalue weighted by Crippen LogP contribution is -2.35. The minimum atomic E-state index is 0.0559. The molecule has 2 aromatic heterocycles. The third kappa shape index (κ3) is 3.25. The molecule has 2 rings (SSSR count). The van der Waals surface area contributed by atoms with Gasteiger partial charge in [-0.1, -0.05) is 0 Å². The molecule has 0 bridgehead atoms. The van der Waals surface area contributed by atoms with Crippen LogP contribution in [-0.4, -0.2) is 20.3 Å². The van der Waals surface area contributed by atoms with Crippen LogP contribution >= 0.6 is 15.9 Å². The second-order valence-corrected chi connectivity index (χ2v) is 6.41. The smallest absolute Gasteiger partial charge is 0.323 e. The molecule has 2 heterocycles. The molecule has 0 aliphatic rings. The highest BCUT2D eigenvalue weighted by atomic mass is 79.9. The maximum atomic E-state index is 5.49. The SMILES string of the molecule is Cc1nn(-c2nc(CNC(C)(C)C)co2)c(C)c1Br. The quantitative estimate of drug-likeness (QED) is 0.941. The highest BCUT2D eigenvalue weighted by Gasteiger charge is 2.15. The zero-order chi connectivity index (χ0) is 14.2. The van der Waals surface area contributed by atoms with Crippen molar-refractivity contribution in [3.63, 3.8) is 0 Å². The summed E-state index contributed by atoms with van der Waals surface area (Å²) in [6, 6.07) is 0.497. The minimum absolute atomic E-state index is 0.0559. The van der Waals surface area contributed by atoms with Gasteiger partial charge in [0.2, 0.25) is 0 Å². The van der Waals surface area contributed by atoms with Gasteiger partial charge in [0.15, 0.2) is 0 Å². The van der Waals surface area contributed by atoms with Gasteiger partial charge in [0.05, 0.1) is 21.6 Å². The molecule has 104 valence electrons. The number of oxazole rings is 1. The average Bonchev–Trinajstić information content (AvgIpc) is 2.87. The Morgan fingerprint density at radius 3 is 2.58 bits per heavy atom. The number of nitrogens with one attached hydrogen (secondary N) is 1. The normalized spacial score (nSPS) is 12.1. The van der Waals surface area contributed by atoms with E-state index < -0.39 is 0 Å². The molecular weight excluding hydrogens is 308 g/mol.